The van der Waals surface area contributed by atoms with E-state index in [1.807, 2.05) is 0 Å². The van der Waals surface area contributed by atoms with Gasteiger partial charge in [-0.3, -0.25) is 0 Å². The molecule has 0 aromatic carbocycles. The molecule has 0 radical (unpaired) electrons. The molecular weight excluding hydrogens is 410 g/mol. The van der Waals surface area contributed by atoms with Crippen molar-refractivity contribution in [2.45, 2.75) is 98.2 Å². The van der Waals surface area contributed by atoms with E-state index < -0.39 is 40.4 Å². The molecule has 23 heavy (non-hydrogen) atoms. The van der Waals surface area contributed by atoms with E-state index in [-0.39, 0.29) is 19.5 Å². The third-order valence-corrected chi connectivity index (χ3v) is 28.0. The molecular formula is C17H46Si5Zn. The summed E-state index contributed by atoms with van der Waals surface area (Å²) in [5.41, 5.74) is 2.65. The van der Waals surface area contributed by atoms with Crippen LogP contribution < -0.4 is 0 Å². The Balaban J connectivity index is -0.000000354. The Morgan fingerprint density at radius 2 is 0.609 bits per heavy atom. The third kappa shape index (κ3) is 16.9. The van der Waals surface area contributed by atoms with Crippen LogP contribution in [0, 0.1) is 10.5 Å². The molecule has 0 heterocycles. The van der Waals surface area contributed by atoms with Crippen molar-refractivity contribution in [3.8, 4) is 0 Å². The normalized spacial score (nSPS) is 14.1. The molecule has 0 aliphatic rings. The van der Waals surface area contributed by atoms with Crippen LogP contribution in [0.15, 0.2) is 0 Å². The van der Waals surface area contributed by atoms with E-state index in [1.54, 1.807) is 0 Å². The Labute approximate surface area is 167 Å². The molecule has 0 aliphatic carbocycles. The van der Waals surface area contributed by atoms with Crippen LogP contribution in [0.5, 0.6) is 0 Å². The first-order chi connectivity index (χ1) is 9.07. The van der Waals surface area contributed by atoms with E-state index in [0.717, 1.165) is 0 Å². The quantitative estimate of drug-likeness (QED) is 0.305. The van der Waals surface area contributed by atoms with Crippen LogP contribution in [0.3, 0.4) is 0 Å². The second-order valence-electron chi connectivity index (χ2n) is 12.0. The number of hydrogen-bond acceptors (Lipinski definition) is 0. The van der Waals surface area contributed by atoms with Crippen LogP contribution in [-0.2, 0) is 19.5 Å². The number of hydrogen-bond donors (Lipinski definition) is 0. The van der Waals surface area contributed by atoms with Crippen molar-refractivity contribution < 1.29 is 19.5 Å². The summed E-state index contributed by atoms with van der Waals surface area (Å²) in [5.74, 6) is 0. The van der Waals surface area contributed by atoms with Crippen molar-refractivity contribution in [2.24, 2.45) is 0 Å². The van der Waals surface area contributed by atoms with Gasteiger partial charge >= 0.3 is 19.5 Å². The smallest absolute Gasteiger partial charge is 0.327 e. The minimum Gasteiger partial charge on any atom is -0.327 e. The van der Waals surface area contributed by atoms with E-state index in [1.165, 1.54) is 0 Å². The fraction of sp³-hybridized carbons (Fsp3) is 0.882. The van der Waals surface area contributed by atoms with Gasteiger partial charge in [0.2, 0.25) is 0 Å². The Kier molecular flexibility index (Phi) is 12.3. The van der Waals surface area contributed by atoms with Crippen molar-refractivity contribution in [1.82, 2.24) is 0 Å². The summed E-state index contributed by atoms with van der Waals surface area (Å²) in [6, 6.07) is 0. The summed E-state index contributed by atoms with van der Waals surface area (Å²) < 4.78 is 0. The molecule has 0 fully saturated rings. The van der Waals surface area contributed by atoms with Gasteiger partial charge < -0.3 is 10.5 Å². The molecule has 0 rings (SSSR count). The molecule has 0 aromatic rings. The maximum absolute atomic E-state index is 2.65. The fourth-order valence-corrected chi connectivity index (χ4v) is 42.1. The van der Waals surface area contributed by atoms with Gasteiger partial charge in [-0.1, -0.05) is 98.2 Å². The van der Waals surface area contributed by atoms with Gasteiger partial charge in [-0.2, -0.15) is 0 Å². The zero-order valence-electron chi connectivity index (χ0n) is 19.3. The number of rotatable bonds is 5. The van der Waals surface area contributed by atoms with E-state index in [4.69, 9.17) is 0 Å². The molecule has 0 bridgehead atoms. The average molecular weight is 456 g/mol. The molecule has 0 aromatic heterocycles. The molecule has 136 valence electrons. The first-order valence-electron chi connectivity index (χ1n) is 8.83. The minimum atomic E-state index is -1.02. The molecule has 0 N–H and O–H groups in total. The monoisotopic (exact) mass is 454 g/mol. The Bertz CT molecular complexity index is 276. The van der Waals surface area contributed by atoms with Crippen molar-refractivity contribution >= 4 is 40.4 Å². The van der Waals surface area contributed by atoms with Crippen molar-refractivity contribution in [3.63, 3.8) is 0 Å². The largest absolute Gasteiger partial charge is 2.00 e. The summed E-state index contributed by atoms with van der Waals surface area (Å²) >= 11 is 0. The molecule has 6 heteroatoms. The van der Waals surface area contributed by atoms with Gasteiger partial charge in [-0.25, -0.2) is 0 Å². The van der Waals surface area contributed by atoms with Crippen molar-refractivity contribution in [1.29, 1.82) is 0 Å². The molecule has 0 saturated carbocycles. The molecule has 0 amide bonds. The fourth-order valence-electron chi connectivity index (χ4n) is 4.67. The topological polar surface area (TPSA) is 0 Å². The minimum absolute atomic E-state index is 0. The van der Waals surface area contributed by atoms with Gasteiger partial charge in [-0.15, -0.1) is 40.4 Å². The molecule has 0 nitrogen and oxygen atoms in total. The van der Waals surface area contributed by atoms with E-state index in [9.17, 15) is 0 Å². The molecule has 0 aliphatic heterocycles. The maximum Gasteiger partial charge on any atom is 2.00 e. The molecule has 0 atom stereocenters. The van der Waals surface area contributed by atoms with Crippen LogP contribution in [0.4, 0.5) is 0 Å². The van der Waals surface area contributed by atoms with Gasteiger partial charge in [-0.05, 0) is 0 Å². The second-order valence-corrected chi connectivity index (χ2v) is 39.1. The average Bonchev–Trinajstić information content (AvgIpc) is 1.83. The summed E-state index contributed by atoms with van der Waals surface area (Å²) in [7, 11) is -4.76. The maximum atomic E-state index is 2.65. The van der Waals surface area contributed by atoms with Crippen LogP contribution in [0.2, 0.25) is 98.2 Å². The molecule has 0 spiro atoms. The predicted molar refractivity (Wildman–Crippen MR) is 124 cm³/mol. The van der Waals surface area contributed by atoms with Crippen molar-refractivity contribution in [3.05, 3.63) is 10.5 Å². The SMILES string of the molecule is C[Si](C)(C)[C-]([Si](C)(C)C)[Si](C)(C)C.C[Si](C)(C)[CH-][Si](C)(C)C.[Zn+2]. The summed E-state index contributed by atoms with van der Waals surface area (Å²) in [6.45, 7) is 37.2. The van der Waals surface area contributed by atoms with Crippen LogP contribution in [-0.4, -0.2) is 40.4 Å². The van der Waals surface area contributed by atoms with Gasteiger partial charge in [0.15, 0.2) is 0 Å². The van der Waals surface area contributed by atoms with Crippen LogP contribution in [0.25, 0.3) is 0 Å². The molecule has 0 unspecified atom stereocenters. The van der Waals surface area contributed by atoms with Gasteiger partial charge in [0.1, 0.15) is 0 Å². The van der Waals surface area contributed by atoms with Gasteiger partial charge in [0.05, 0.1) is 0 Å². The first-order valence-corrected chi connectivity index (χ1v) is 26.5. The van der Waals surface area contributed by atoms with Crippen molar-refractivity contribution in [2.75, 3.05) is 0 Å². The summed E-state index contributed by atoms with van der Waals surface area (Å²) in [5, 5.41) is 0. The summed E-state index contributed by atoms with van der Waals surface area (Å²) in [4.78, 5) is 2.06. The Morgan fingerprint density at radius 3 is 0.609 bits per heavy atom. The zero-order chi connectivity index (χ0) is 18.8. The van der Waals surface area contributed by atoms with E-state index >= 15 is 0 Å². The Hall–Kier alpha value is 1.71. The van der Waals surface area contributed by atoms with E-state index in [0.29, 0.717) is 0 Å². The zero-order valence-corrected chi connectivity index (χ0v) is 27.3. The third-order valence-electron chi connectivity index (χ3n) is 3.12. The second kappa shape index (κ2) is 9.59. The standard InChI is InChI=1S/C10H27Si3.C7H19Si2.Zn/c1-11(2,3)10(12(4,5)6)13(7,8)9;1-8(2,3)7-9(4,5)6;/h1-9H3;7H,1-6H3;/q2*-1;+2. The predicted octanol–water partition coefficient (Wildman–Crippen LogP) is 7.14. The van der Waals surface area contributed by atoms with E-state index in [2.05, 4.69) is 109 Å². The first kappa shape index (κ1) is 29.5. The summed E-state index contributed by atoms with van der Waals surface area (Å²) in [6.07, 6.45) is 0. The molecule has 0 saturated heterocycles. The van der Waals surface area contributed by atoms with Crippen LogP contribution in [0.1, 0.15) is 0 Å². The van der Waals surface area contributed by atoms with Gasteiger partial charge in [0, 0.05) is 0 Å². The Morgan fingerprint density at radius 1 is 0.435 bits per heavy atom. The van der Waals surface area contributed by atoms with Gasteiger partial charge in [0.25, 0.3) is 0 Å². The van der Waals surface area contributed by atoms with Crippen LogP contribution >= 0.6 is 0 Å².